The summed E-state index contributed by atoms with van der Waals surface area (Å²) in [5, 5.41) is 12.3. The number of anilines is 2. The van der Waals surface area contributed by atoms with Gasteiger partial charge < -0.3 is 14.5 Å². The minimum absolute atomic E-state index is 0.0612. The Kier molecular flexibility index (Phi) is 8.96. The zero-order valence-electron chi connectivity index (χ0n) is 25.4. The smallest absolute Gasteiger partial charge is 0.416 e. The van der Waals surface area contributed by atoms with Gasteiger partial charge >= 0.3 is 18.3 Å². The van der Waals surface area contributed by atoms with Crippen molar-refractivity contribution in [3.63, 3.8) is 0 Å². The molecule has 244 valence electrons. The zero-order valence-corrected chi connectivity index (χ0v) is 25.4. The molecule has 0 unspecified atom stereocenters. The molecular weight excluding hydrogens is 616 g/mol. The molecule has 9 nitrogen and oxygen atoms in total. The highest BCUT2D eigenvalue weighted by atomic mass is 19.4. The highest BCUT2D eigenvalue weighted by Gasteiger charge is 2.38. The van der Waals surface area contributed by atoms with Gasteiger partial charge in [0.15, 0.2) is 0 Å². The summed E-state index contributed by atoms with van der Waals surface area (Å²) in [4.78, 5) is 21.2. The number of alkyl halides is 6. The van der Waals surface area contributed by atoms with Crippen LogP contribution in [0.1, 0.15) is 68.2 Å². The Hall–Kier alpha value is -4.69. The third-order valence-electron chi connectivity index (χ3n) is 7.97. The van der Waals surface area contributed by atoms with Crippen molar-refractivity contribution in [2.75, 3.05) is 23.5 Å². The molecule has 0 saturated carbocycles. The predicted molar refractivity (Wildman–Crippen MR) is 156 cm³/mol. The van der Waals surface area contributed by atoms with Gasteiger partial charge in [-0.2, -0.15) is 31.1 Å². The van der Waals surface area contributed by atoms with Crippen LogP contribution in [0.5, 0.6) is 0 Å². The number of fused-ring (bicyclic) bond motifs is 1. The topological polar surface area (TPSA) is 89.3 Å². The Morgan fingerprint density at radius 1 is 0.957 bits per heavy atom. The maximum absolute atomic E-state index is 13.7. The number of methoxy groups -OCH3 is 1. The van der Waals surface area contributed by atoms with E-state index in [1.54, 1.807) is 17.2 Å². The molecule has 0 amide bonds. The van der Waals surface area contributed by atoms with Crippen LogP contribution in [0.15, 0.2) is 48.8 Å². The molecule has 0 bridgehead atoms. The fraction of sp³-hybridized carbons (Fsp3) is 0.387. The maximum Gasteiger partial charge on any atom is 0.416 e. The summed E-state index contributed by atoms with van der Waals surface area (Å²) in [6.07, 6.45) is -5.83. The molecule has 3 heterocycles. The number of carbonyl (C=O) groups excluding carboxylic acids is 1. The standard InChI is InChI=1S/C31H31F6N7O2/c1-18-8-25-26(6-5-7-43(27(25)9-19(18)2)16-21-10-22(15-38-14-21)28(45)46-4)44(29-39-41-42(3)40-29)17-20-11-23(30(32,33)34)13-24(12-20)31(35,36)37/h8-15,26H,5-7,16-17H2,1-4H3/t26-/m0/s1. The quantitative estimate of drug-likeness (QED) is 0.164. The number of aromatic nitrogens is 5. The lowest BCUT2D eigenvalue weighted by molar-refractivity contribution is -0.143. The summed E-state index contributed by atoms with van der Waals surface area (Å²) < 4.78 is 87.3. The molecule has 0 N–H and O–H groups in total. The summed E-state index contributed by atoms with van der Waals surface area (Å²) in [6.45, 7) is 4.49. The molecule has 0 aliphatic carbocycles. The van der Waals surface area contributed by atoms with Gasteiger partial charge in [0.25, 0.3) is 5.95 Å². The molecular formula is C31H31F6N7O2. The molecule has 2 aromatic carbocycles. The molecule has 15 heteroatoms. The first kappa shape index (κ1) is 32.7. The molecule has 1 aliphatic heterocycles. The summed E-state index contributed by atoms with van der Waals surface area (Å²) in [5.74, 6) is -0.460. The molecule has 0 spiro atoms. The lowest BCUT2D eigenvalue weighted by Gasteiger charge is -2.33. The van der Waals surface area contributed by atoms with Crippen molar-refractivity contribution in [1.29, 1.82) is 0 Å². The molecule has 5 rings (SSSR count). The highest BCUT2D eigenvalue weighted by molar-refractivity contribution is 5.89. The fourth-order valence-corrected chi connectivity index (χ4v) is 5.64. The number of benzene rings is 2. The van der Waals surface area contributed by atoms with Gasteiger partial charge in [-0.05, 0) is 90.1 Å². The van der Waals surface area contributed by atoms with E-state index in [0.717, 1.165) is 40.1 Å². The fourth-order valence-electron chi connectivity index (χ4n) is 5.64. The van der Waals surface area contributed by atoms with Crippen molar-refractivity contribution in [2.24, 2.45) is 7.05 Å². The number of halogens is 6. The number of esters is 1. The van der Waals surface area contributed by atoms with Crippen molar-refractivity contribution >= 4 is 17.6 Å². The Morgan fingerprint density at radius 3 is 2.24 bits per heavy atom. The van der Waals surface area contributed by atoms with Crippen LogP contribution in [-0.4, -0.2) is 44.8 Å². The Labute approximate surface area is 260 Å². The monoisotopic (exact) mass is 647 g/mol. The van der Waals surface area contributed by atoms with Gasteiger partial charge in [0.1, 0.15) is 0 Å². The normalized spacial score (nSPS) is 15.3. The molecule has 0 fully saturated rings. The van der Waals surface area contributed by atoms with E-state index in [-0.39, 0.29) is 24.1 Å². The van der Waals surface area contributed by atoms with E-state index in [1.165, 1.54) is 25.2 Å². The third-order valence-corrected chi connectivity index (χ3v) is 7.97. The molecule has 46 heavy (non-hydrogen) atoms. The molecule has 4 aromatic rings. The summed E-state index contributed by atoms with van der Waals surface area (Å²) >= 11 is 0. The first-order valence-electron chi connectivity index (χ1n) is 14.3. The van der Waals surface area contributed by atoms with Gasteiger partial charge in [-0.3, -0.25) is 4.98 Å². The summed E-state index contributed by atoms with van der Waals surface area (Å²) in [6, 6.07) is 6.72. The molecule has 0 saturated heterocycles. The Morgan fingerprint density at radius 2 is 1.63 bits per heavy atom. The van der Waals surface area contributed by atoms with Crippen LogP contribution in [0, 0.1) is 13.8 Å². The van der Waals surface area contributed by atoms with E-state index >= 15 is 0 Å². The van der Waals surface area contributed by atoms with Crippen LogP contribution in [-0.2, 0) is 37.2 Å². The number of aryl methyl sites for hydroxylation is 3. The second-order valence-corrected chi connectivity index (χ2v) is 11.3. The second kappa shape index (κ2) is 12.6. The minimum atomic E-state index is -4.99. The molecule has 1 atom stereocenters. The number of rotatable bonds is 7. The lowest BCUT2D eigenvalue weighted by Crippen LogP contribution is -2.30. The van der Waals surface area contributed by atoms with Gasteiger partial charge in [-0.25, -0.2) is 4.79 Å². The average molecular weight is 648 g/mol. The number of tetrazole rings is 1. The lowest BCUT2D eigenvalue weighted by atomic mass is 9.95. The van der Waals surface area contributed by atoms with Gasteiger partial charge in [-0.15, -0.1) is 5.10 Å². The van der Waals surface area contributed by atoms with Gasteiger partial charge in [0, 0.05) is 37.7 Å². The first-order valence-corrected chi connectivity index (χ1v) is 14.3. The van der Waals surface area contributed by atoms with Crippen molar-refractivity contribution in [3.05, 3.63) is 93.3 Å². The number of nitrogens with zero attached hydrogens (tertiary/aromatic N) is 7. The van der Waals surface area contributed by atoms with Crippen molar-refractivity contribution in [3.8, 4) is 0 Å². The maximum atomic E-state index is 13.7. The van der Waals surface area contributed by atoms with Crippen LogP contribution in [0.3, 0.4) is 0 Å². The first-order chi connectivity index (χ1) is 21.6. The van der Waals surface area contributed by atoms with Crippen molar-refractivity contribution < 1.29 is 35.9 Å². The van der Waals surface area contributed by atoms with E-state index in [9.17, 15) is 31.1 Å². The number of pyridine rings is 1. The average Bonchev–Trinajstić information content (AvgIpc) is 3.36. The zero-order chi connectivity index (χ0) is 33.4. The van der Waals surface area contributed by atoms with E-state index in [0.29, 0.717) is 31.5 Å². The number of ether oxygens (including phenoxy) is 1. The van der Waals surface area contributed by atoms with Crippen molar-refractivity contribution in [1.82, 2.24) is 25.2 Å². The molecule has 1 aliphatic rings. The van der Waals surface area contributed by atoms with E-state index in [4.69, 9.17) is 4.74 Å². The van der Waals surface area contributed by atoms with Crippen LogP contribution >= 0.6 is 0 Å². The van der Waals surface area contributed by atoms with Crippen LogP contribution in [0.4, 0.5) is 38.0 Å². The summed E-state index contributed by atoms with van der Waals surface area (Å²) in [7, 11) is 2.81. The predicted octanol–water partition coefficient (Wildman–Crippen LogP) is 6.59. The second-order valence-electron chi connectivity index (χ2n) is 11.3. The van der Waals surface area contributed by atoms with Crippen molar-refractivity contribution in [2.45, 2.75) is 58.2 Å². The van der Waals surface area contributed by atoms with E-state index in [1.807, 2.05) is 26.0 Å². The number of hydrogen-bond acceptors (Lipinski definition) is 8. The third kappa shape index (κ3) is 7.07. The molecule has 2 aromatic heterocycles. The van der Waals surface area contributed by atoms with Crippen LogP contribution < -0.4 is 9.80 Å². The summed E-state index contributed by atoms with van der Waals surface area (Å²) in [5.41, 5.74) is 1.61. The van der Waals surface area contributed by atoms with E-state index < -0.39 is 35.5 Å². The van der Waals surface area contributed by atoms with Crippen LogP contribution in [0.2, 0.25) is 0 Å². The number of hydrogen-bond donors (Lipinski definition) is 0. The SMILES string of the molecule is COC(=O)c1cncc(CN2CCC[C@H](N(Cc3cc(C(F)(F)F)cc(C(F)(F)F)c3)c3nnn(C)n3)c3cc(C)c(C)cc32)c1. The van der Waals surface area contributed by atoms with Gasteiger partial charge in [-0.1, -0.05) is 11.2 Å². The number of carbonyl (C=O) groups is 1. The minimum Gasteiger partial charge on any atom is -0.465 e. The van der Waals surface area contributed by atoms with Gasteiger partial charge in [0.05, 0.1) is 36.9 Å². The molecule has 0 radical (unpaired) electrons. The largest absolute Gasteiger partial charge is 0.465 e. The van der Waals surface area contributed by atoms with Crippen LogP contribution in [0.25, 0.3) is 0 Å². The van der Waals surface area contributed by atoms with E-state index in [2.05, 4.69) is 25.3 Å². The Bertz CT molecular complexity index is 1710. The highest BCUT2D eigenvalue weighted by Crippen LogP contribution is 2.42. The Balaban J connectivity index is 1.60. The van der Waals surface area contributed by atoms with Gasteiger partial charge in [0.2, 0.25) is 0 Å².